The lowest BCUT2D eigenvalue weighted by Crippen LogP contribution is -2.32. The average Bonchev–Trinajstić information content (AvgIpc) is 3.06. The molecular weight excluding hydrogens is 376 g/mol. The van der Waals surface area contributed by atoms with E-state index in [9.17, 15) is 4.79 Å². The summed E-state index contributed by atoms with van der Waals surface area (Å²) in [6.45, 7) is 12.7. The molecule has 1 saturated carbocycles. The van der Waals surface area contributed by atoms with Crippen molar-refractivity contribution in [3.8, 4) is 11.8 Å². The Morgan fingerprint density at radius 3 is 2.43 bits per heavy atom. The summed E-state index contributed by atoms with van der Waals surface area (Å²) in [6, 6.07) is 10.6. The minimum atomic E-state index is -0.246. The number of nitrogens with zero attached hydrogens (tertiary/aromatic N) is 2. The van der Waals surface area contributed by atoms with Gasteiger partial charge in [-0.3, -0.25) is 9.36 Å². The van der Waals surface area contributed by atoms with Gasteiger partial charge >= 0.3 is 0 Å². The Morgan fingerprint density at radius 2 is 1.80 bits per heavy atom. The van der Waals surface area contributed by atoms with E-state index in [-0.39, 0.29) is 11.7 Å². The summed E-state index contributed by atoms with van der Waals surface area (Å²) in [5, 5.41) is 0. The lowest BCUT2D eigenvalue weighted by atomic mass is 9.60. The van der Waals surface area contributed by atoms with Gasteiger partial charge in [0, 0.05) is 11.8 Å². The molecule has 2 aromatic rings. The van der Waals surface area contributed by atoms with Gasteiger partial charge in [-0.25, -0.2) is 0 Å². The molecule has 5 nitrogen and oxygen atoms in total. The van der Waals surface area contributed by atoms with Crippen LogP contribution in [0.1, 0.15) is 71.1 Å². The highest BCUT2D eigenvalue weighted by atomic mass is 16.6. The molecule has 0 bridgehead atoms. The number of aromatic nitrogens is 2. The van der Waals surface area contributed by atoms with Crippen molar-refractivity contribution in [1.82, 2.24) is 9.55 Å². The normalized spacial score (nSPS) is 22.4. The summed E-state index contributed by atoms with van der Waals surface area (Å²) in [4.78, 5) is 15.7. The van der Waals surface area contributed by atoms with Gasteiger partial charge in [0.15, 0.2) is 6.10 Å². The molecule has 1 fully saturated rings. The Hall–Kier alpha value is -2.30. The van der Waals surface area contributed by atoms with Crippen molar-refractivity contribution in [2.75, 3.05) is 6.61 Å². The van der Waals surface area contributed by atoms with Gasteiger partial charge in [0.2, 0.25) is 0 Å². The van der Waals surface area contributed by atoms with E-state index in [1.165, 1.54) is 24.8 Å². The van der Waals surface area contributed by atoms with E-state index < -0.39 is 0 Å². The number of rotatable bonds is 5. The smallest absolute Gasteiger partial charge is 0.300 e. The monoisotopic (exact) mass is 410 g/mol. The van der Waals surface area contributed by atoms with Crippen LogP contribution in [0.4, 0.5) is 0 Å². The fourth-order valence-corrected chi connectivity index (χ4v) is 5.69. The van der Waals surface area contributed by atoms with Gasteiger partial charge in [-0.1, -0.05) is 46.8 Å². The number of ether oxygens (including phenoxy) is 2. The summed E-state index contributed by atoms with van der Waals surface area (Å²) < 4.78 is 13.8. The lowest BCUT2D eigenvalue weighted by Gasteiger charge is -2.45. The predicted molar refractivity (Wildman–Crippen MR) is 118 cm³/mol. The van der Waals surface area contributed by atoms with E-state index in [4.69, 9.17) is 9.47 Å². The standard InChI is InChI=1S/C25H34N2O3/c1-6-19-11-22(28)26-23-27(19)14-21(30-23)15-29-20-9-7-17(8-10-20)18-12-24(2,3)16-25(4,5)13-18/h7-11,18,21H,6,12-16H2,1-5H3/t21-/m0/s1. The van der Waals surface area contributed by atoms with Gasteiger partial charge in [0.25, 0.3) is 11.6 Å². The number of hydrogen-bond acceptors (Lipinski definition) is 4. The minimum absolute atomic E-state index is 0.135. The maximum absolute atomic E-state index is 11.7. The molecule has 0 unspecified atom stereocenters. The average molecular weight is 411 g/mol. The highest BCUT2D eigenvalue weighted by Gasteiger charge is 2.38. The van der Waals surface area contributed by atoms with Crippen molar-refractivity contribution >= 4 is 0 Å². The van der Waals surface area contributed by atoms with E-state index in [1.807, 2.05) is 11.5 Å². The second kappa shape index (κ2) is 7.75. The quantitative estimate of drug-likeness (QED) is 0.699. The van der Waals surface area contributed by atoms with E-state index in [0.717, 1.165) is 17.9 Å². The molecule has 1 aliphatic heterocycles. The van der Waals surface area contributed by atoms with Gasteiger partial charge in [-0.2, -0.15) is 4.98 Å². The van der Waals surface area contributed by atoms with Crippen molar-refractivity contribution in [3.63, 3.8) is 0 Å². The van der Waals surface area contributed by atoms with E-state index in [0.29, 0.717) is 35.9 Å². The van der Waals surface area contributed by atoms with Crippen LogP contribution in [0.2, 0.25) is 0 Å². The van der Waals surface area contributed by atoms with Gasteiger partial charge < -0.3 is 9.47 Å². The van der Waals surface area contributed by atoms with Crippen molar-refractivity contribution < 1.29 is 9.47 Å². The zero-order valence-electron chi connectivity index (χ0n) is 18.9. The molecule has 0 amide bonds. The largest absolute Gasteiger partial charge is 0.490 e. The maximum atomic E-state index is 11.7. The van der Waals surface area contributed by atoms with E-state index in [2.05, 4.69) is 56.9 Å². The first-order valence-electron chi connectivity index (χ1n) is 11.1. The Morgan fingerprint density at radius 1 is 1.13 bits per heavy atom. The molecule has 0 saturated heterocycles. The summed E-state index contributed by atoms with van der Waals surface area (Å²) in [5.41, 5.74) is 2.87. The molecule has 1 aromatic carbocycles. The topological polar surface area (TPSA) is 53.4 Å². The highest BCUT2D eigenvalue weighted by Crippen LogP contribution is 2.51. The first-order chi connectivity index (χ1) is 14.1. The molecule has 5 heteroatoms. The van der Waals surface area contributed by atoms with Crippen molar-refractivity contribution in [1.29, 1.82) is 0 Å². The third-order valence-electron chi connectivity index (χ3n) is 6.44. The fourth-order valence-electron chi connectivity index (χ4n) is 5.69. The minimum Gasteiger partial charge on any atom is -0.490 e. The second-order valence-corrected chi connectivity index (χ2v) is 10.6. The molecule has 0 spiro atoms. The summed E-state index contributed by atoms with van der Waals surface area (Å²) in [5.74, 6) is 1.45. The Balaban J connectivity index is 1.37. The Kier molecular flexibility index (Phi) is 5.41. The number of hydrogen-bond donors (Lipinski definition) is 0. The van der Waals surface area contributed by atoms with Crippen molar-refractivity contribution in [3.05, 3.63) is 51.9 Å². The Labute approximate surface area is 179 Å². The zero-order chi connectivity index (χ0) is 21.5. The van der Waals surface area contributed by atoms with Crippen LogP contribution in [0.15, 0.2) is 35.1 Å². The Bertz CT molecular complexity index is 943. The lowest BCUT2D eigenvalue weighted by molar-refractivity contribution is 0.0968. The molecule has 4 rings (SSSR count). The van der Waals surface area contributed by atoms with E-state index >= 15 is 0 Å². The van der Waals surface area contributed by atoms with Crippen LogP contribution in [-0.2, 0) is 13.0 Å². The van der Waals surface area contributed by atoms with Crippen LogP contribution in [-0.4, -0.2) is 22.3 Å². The second-order valence-electron chi connectivity index (χ2n) is 10.6. The first kappa shape index (κ1) is 21.0. The molecule has 30 heavy (non-hydrogen) atoms. The summed E-state index contributed by atoms with van der Waals surface area (Å²) >= 11 is 0. The van der Waals surface area contributed by atoms with Crippen LogP contribution in [0.5, 0.6) is 11.8 Å². The summed E-state index contributed by atoms with van der Waals surface area (Å²) in [6.07, 6.45) is 4.39. The first-order valence-corrected chi connectivity index (χ1v) is 11.1. The van der Waals surface area contributed by atoms with Crippen LogP contribution >= 0.6 is 0 Å². The molecule has 2 aliphatic rings. The predicted octanol–water partition coefficient (Wildman–Crippen LogP) is 4.97. The number of aryl methyl sites for hydroxylation is 1. The number of benzene rings is 1. The van der Waals surface area contributed by atoms with Crippen LogP contribution in [0, 0.1) is 10.8 Å². The van der Waals surface area contributed by atoms with E-state index in [1.54, 1.807) is 6.07 Å². The highest BCUT2D eigenvalue weighted by molar-refractivity contribution is 5.30. The van der Waals surface area contributed by atoms with Gasteiger partial charge in [0.1, 0.15) is 12.4 Å². The van der Waals surface area contributed by atoms with Crippen LogP contribution < -0.4 is 15.0 Å². The fraction of sp³-hybridized carbons (Fsp3) is 0.600. The third kappa shape index (κ3) is 4.55. The summed E-state index contributed by atoms with van der Waals surface area (Å²) in [7, 11) is 0. The van der Waals surface area contributed by atoms with Gasteiger partial charge in [0.05, 0.1) is 6.54 Å². The third-order valence-corrected chi connectivity index (χ3v) is 6.44. The molecule has 0 radical (unpaired) electrons. The molecule has 2 heterocycles. The SMILES string of the molecule is CCc1cc(=O)nc2n1C[C@@H](COc1ccc(C3CC(C)(C)CC(C)(C)C3)cc1)O2. The van der Waals surface area contributed by atoms with Gasteiger partial charge in [-0.15, -0.1) is 0 Å². The zero-order valence-corrected chi connectivity index (χ0v) is 18.9. The molecule has 162 valence electrons. The van der Waals surface area contributed by atoms with Crippen molar-refractivity contribution in [2.45, 2.75) is 78.9 Å². The van der Waals surface area contributed by atoms with Crippen LogP contribution in [0.25, 0.3) is 0 Å². The molecule has 1 atom stereocenters. The van der Waals surface area contributed by atoms with Crippen LogP contribution in [0.3, 0.4) is 0 Å². The molecule has 1 aliphatic carbocycles. The van der Waals surface area contributed by atoms with Gasteiger partial charge in [-0.05, 0) is 60.1 Å². The number of fused-ring (bicyclic) bond motifs is 1. The molecule has 0 N–H and O–H groups in total. The maximum Gasteiger partial charge on any atom is 0.300 e. The van der Waals surface area contributed by atoms with Crippen molar-refractivity contribution in [2.24, 2.45) is 10.8 Å². The molecule has 1 aromatic heterocycles. The molecular formula is C25H34N2O3.